The fourth-order valence-corrected chi connectivity index (χ4v) is 3.39. The predicted molar refractivity (Wildman–Crippen MR) is 119 cm³/mol. The summed E-state index contributed by atoms with van der Waals surface area (Å²) in [5.41, 5.74) is 2.54. The molecule has 0 saturated carbocycles. The van der Waals surface area contributed by atoms with Crippen molar-refractivity contribution in [1.29, 1.82) is 0 Å². The fourth-order valence-electron chi connectivity index (χ4n) is 3.00. The average molecular weight is 446 g/mol. The third kappa shape index (κ3) is 6.77. The van der Waals surface area contributed by atoms with Crippen LogP contribution in [0.5, 0.6) is 0 Å². The molecule has 0 spiro atoms. The van der Waals surface area contributed by atoms with E-state index in [1.807, 2.05) is 53.4 Å². The Kier molecular flexibility index (Phi) is 8.67. The summed E-state index contributed by atoms with van der Waals surface area (Å²) in [7, 11) is 0. The van der Waals surface area contributed by atoms with Gasteiger partial charge in [-0.2, -0.15) is 0 Å². The van der Waals surface area contributed by atoms with Gasteiger partial charge in [-0.05, 0) is 49.0 Å². The van der Waals surface area contributed by atoms with Crippen LogP contribution >= 0.6 is 15.9 Å². The smallest absolute Gasteiger partial charge is 0.231 e. The lowest BCUT2D eigenvalue weighted by molar-refractivity contribution is -0.118. The average Bonchev–Trinajstić information content (AvgIpc) is 2.66. The molecule has 0 aliphatic rings. The number of rotatable bonds is 9. The van der Waals surface area contributed by atoms with Gasteiger partial charge in [-0.15, -0.1) is 0 Å². The third-order valence-electron chi connectivity index (χ3n) is 4.58. The number of likely N-dealkylation sites (N-methyl/N-ethyl adjacent to an activating group) is 1. The van der Waals surface area contributed by atoms with Crippen LogP contribution in [-0.2, 0) is 16.0 Å². The van der Waals surface area contributed by atoms with Gasteiger partial charge in [-0.25, -0.2) is 0 Å². The van der Waals surface area contributed by atoms with Gasteiger partial charge >= 0.3 is 0 Å². The molecule has 1 N–H and O–H groups in total. The van der Waals surface area contributed by atoms with E-state index in [4.69, 9.17) is 0 Å². The van der Waals surface area contributed by atoms with E-state index in [1.54, 1.807) is 0 Å². The SMILES string of the molecule is CCN(CC)CCN(C(=O)Cc1ccc(NC(C)=O)cc1)c1cccc(Br)c1. The van der Waals surface area contributed by atoms with Crippen molar-refractivity contribution in [1.82, 2.24) is 4.90 Å². The first-order chi connectivity index (χ1) is 13.4. The predicted octanol–water partition coefficient (Wildman–Crippen LogP) is 4.33. The molecule has 0 unspecified atom stereocenters. The molecule has 0 radical (unpaired) electrons. The van der Waals surface area contributed by atoms with Gasteiger partial charge in [0.25, 0.3) is 0 Å². The Morgan fingerprint density at radius 1 is 1.00 bits per heavy atom. The van der Waals surface area contributed by atoms with Crippen molar-refractivity contribution in [2.75, 3.05) is 36.4 Å². The molecule has 0 heterocycles. The summed E-state index contributed by atoms with van der Waals surface area (Å²) in [6, 6.07) is 15.2. The second-order valence-electron chi connectivity index (χ2n) is 6.61. The highest BCUT2D eigenvalue weighted by atomic mass is 79.9. The van der Waals surface area contributed by atoms with Crippen LogP contribution in [0.3, 0.4) is 0 Å². The summed E-state index contributed by atoms with van der Waals surface area (Å²) in [5, 5.41) is 2.74. The number of anilines is 2. The highest BCUT2D eigenvalue weighted by Gasteiger charge is 2.17. The molecule has 0 fully saturated rings. The molecule has 2 aromatic carbocycles. The summed E-state index contributed by atoms with van der Waals surface area (Å²) in [6.45, 7) is 9.12. The third-order valence-corrected chi connectivity index (χ3v) is 5.08. The van der Waals surface area contributed by atoms with Crippen molar-refractivity contribution in [2.24, 2.45) is 0 Å². The molecule has 2 aromatic rings. The Balaban J connectivity index is 2.14. The van der Waals surface area contributed by atoms with E-state index in [0.29, 0.717) is 13.0 Å². The first-order valence-electron chi connectivity index (χ1n) is 9.57. The zero-order valence-electron chi connectivity index (χ0n) is 16.7. The number of carbonyl (C=O) groups is 2. The minimum absolute atomic E-state index is 0.0533. The van der Waals surface area contributed by atoms with Crippen molar-refractivity contribution >= 4 is 39.1 Å². The van der Waals surface area contributed by atoms with Gasteiger partial charge in [0.15, 0.2) is 0 Å². The number of amides is 2. The summed E-state index contributed by atoms with van der Waals surface area (Å²) >= 11 is 3.50. The lowest BCUT2D eigenvalue weighted by Gasteiger charge is -2.27. The van der Waals surface area contributed by atoms with Crippen LogP contribution in [0.1, 0.15) is 26.3 Å². The molecule has 0 bridgehead atoms. The normalized spacial score (nSPS) is 10.8. The monoisotopic (exact) mass is 445 g/mol. The standard InChI is InChI=1S/C22H28BrN3O2/c1-4-25(5-2)13-14-26(21-8-6-7-19(23)16-21)22(28)15-18-9-11-20(12-10-18)24-17(3)27/h6-12,16H,4-5,13-15H2,1-3H3,(H,24,27). The number of carbonyl (C=O) groups excluding carboxylic acids is 2. The van der Waals surface area contributed by atoms with Crippen LogP contribution in [0.2, 0.25) is 0 Å². The quantitative estimate of drug-likeness (QED) is 0.624. The minimum Gasteiger partial charge on any atom is -0.326 e. The highest BCUT2D eigenvalue weighted by molar-refractivity contribution is 9.10. The van der Waals surface area contributed by atoms with Gasteiger partial charge in [-0.1, -0.05) is 48.0 Å². The van der Waals surface area contributed by atoms with Crippen molar-refractivity contribution in [2.45, 2.75) is 27.2 Å². The molecular weight excluding hydrogens is 418 g/mol. The zero-order valence-corrected chi connectivity index (χ0v) is 18.3. The molecule has 2 amide bonds. The molecule has 150 valence electrons. The number of nitrogens with one attached hydrogen (secondary N) is 1. The first-order valence-corrected chi connectivity index (χ1v) is 10.4. The second-order valence-corrected chi connectivity index (χ2v) is 7.52. The van der Waals surface area contributed by atoms with Crippen molar-refractivity contribution in [3.05, 3.63) is 58.6 Å². The Hall–Kier alpha value is -2.18. The van der Waals surface area contributed by atoms with Crippen LogP contribution in [0.25, 0.3) is 0 Å². The minimum atomic E-state index is -0.110. The van der Waals surface area contributed by atoms with Gasteiger partial charge in [0.05, 0.1) is 6.42 Å². The van der Waals surface area contributed by atoms with Gasteiger partial charge in [0, 0.05) is 35.9 Å². The van der Waals surface area contributed by atoms with Crippen LogP contribution in [-0.4, -0.2) is 42.9 Å². The summed E-state index contributed by atoms with van der Waals surface area (Å²) in [4.78, 5) is 28.4. The molecule has 0 aliphatic carbocycles. The Morgan fingerprint density at radius 3 is 2.25 bits per heavy atom. The van der Waals surface area contributed by atoms with Crippen LogP contribution < -0.4 is 10.2 Å². The van der Waals surface area contributed by atoms with E-state index in [0.717, 1.165) is 41.0 Å². The van der Waals surface area contributed by atoms with E-state index in [-0.39, 0.29) is 11.8 Å². The van der Waals surface area contributed by atoms with Gasteiger partial charge in [-0.3, -0.25) is 9.59 Å². The van der Waals surface area contributed by atoms with Gasteiger partial charge < -0.3 is 15.1 Å². The number of halogens is 1. The highest BCUT2D eigenvalue weighted by Crippen LogP contribution is 2.21. The maximum atomic E-state index is 13.1. The fraction of sp³-hybridized carbons (Fsp3) is 0.364. The first kappa shape index (κ1) is 22.1. The van der Waals surface area contributed by atoms with Crippen molar-refractivity contribution < 1.29 is 9.59 Å². The summed E-state index contributed by atoms with van der Waals surface area (Å²) in [6.07, 6.45) is 0.311. The van der Waals surface area contributed by atoms with Gasteiger partial charge in [0.1, 0.15) is 0 Å². The van der Waals surface area contributed by atoms with Gasteiger partial charge in [0.2, 0.25) is 11.8 Å². The Morgan fingerprint density at radius 2 is 1.68 bits per heavy atom. The second kappa shape index (κ2) is 11.0. The Bertz CT molecular complexity index is 789. The van der Waals surface area contributed by atoms with Crippen molar-refractivity contribution in [3.63, 3.8) is 0 Å². The number of benzene rings is 2. The lowest BCUT2D eigenvalue weighted by atomic mass is 10.1. The molecule has 0 saturated heterocycles. The van der Waals surface area contributed by atoms with E-state index < -0.39 is 0 Å². The maximum Gasteiger partial charge on any atom is 0.231 e. The molecule has 0 atom stereocenters. The van der Waals surface area contributed by atoms with E-state index >= 15 is 0 Å². The Labute approximate surface area is 175 Å². The topological polar surface area (TPSA) is 52.6 Å². The van der Waals surface area contributed by atoms with E-state index in [2.05, 4.69) is 40.0 Å². The zero-order chi connectivity index (χ0) is 20.5. The lowest BCUT2D eigenvalue weighted by Crippen LogP contribution is -2.39. The number of nitrogens with zero attached hydrogens (tertiary/aromatic N) is 2. The van der Waals surface area contributed by atoms with E-state index in [1.165, 1.54) is 6.92 Å². The molecule has 0 aliphatic heterocycles. The van der Waals surface area contributed by atoms with Crippen LogP contribution in [0.15, 0.2) is 53.0 Å². The number of hydrogen-bond donors (Lipinski definition) is 1. The number of hydrogen-bond acceptors (Lipinski definition) is 3. The van der Waals surface area contributed by atoms with Crippen LogP contribution in [0, 0.1) is 0 Å². The summed E-state index contributed by atoms with van der Waals surface area (Å²) in [5.74, 6) is -0.0569. The maximum absolute atomic E-state index is 13.1. The largest absolute Gasteiger partial charge is 0.326 e. The van der Waals surface area contributed by atoms with E-state index in [9.17, 15) is 9.59 Å². The molecule has 5 nitrogen and oxygen atoms in total. The molecule has 6 heteroatoms. The molecule has 2 rings (SSSR count). The molecular formula is C22H28BrN3O2. The summed E-state index contributed by atoms with van der Waals surface area (Å²) < 4.78 is 0.949. The van der Waals surface area contributed by atoms with Crippen molar-refractivity contribution in [3.8, 4) is 0 Å². The van der Waals surface area contributed by atoms with Crippen LogP contribution in [0.4, 0.5) is 11.4 Å². The molecule has 28 heavy (non-hydrogen) atoms. The molecule has 0 aromatic heterocycles.